The molecule has 1 aliphatic rings. The third kappa shape index (κ3) is 5.06. The van der Waals surface area contributed by atoms with Crippen LogP contribution < -0.4 is 4.74 Å². The van der Waals surface area contributed by atoms with E-state index in [1.807, 2.05) is 48.5 Å². The molecule has 5 heteroatoms. The van der Waals surface area contributed by atoms with Crippen molar-refractivity contribution in [3.05, 3.63) is 169 Å². The maximum Gasteiger partial charge on any atom is 0.167 e. The topological polar surface area (TPSA) is 61.0 Å². The minimum Gasteiger partial charge on any atom is -0.488 e. The van der Waals surface area contributed by atoms with Crippen molar-refractivity contribution < 1.29 is 9.15 Å². The van der Waals surface area contributed by atoms with Crippen molar-refractivity contribution in [2.75, 3.05) is 0 Å². The van der Waals surface area contributed by atoms with E-state index in [4.69, 9.17) is 24.1 Å². The highest BCUT2D eigenvalue weighted by molar-refractivity contribution is 6.09. The summed E-state index contributed by atoms with van der Waals surface area (Å²) < 4.78 is 12.5. The SMILES string of the molecule is c1ccc(-c2ccc(-c3nc(-c4ccc(-c5cccc6c5-c5ccccc5OC6)cc4)nc(-c4cccc5c4oc4ccccc45)n3)cc2)cc1. The lowest BCUT2D eigenvalue weighted by Crippen LogP contribution is -2.06. The highest BCUT2D eigenvalue weighted by Gasteiger charge is 2.21. The first kappa shape index (κ1) is 29.1. The standard InChI is InChI=1S/C46H29N3O2/c1-2-10-29(11-3-1)30-20-24-32(25-21-30)44-47-45(49-46(48-44)39-17-9-16-37-36-13-4-7-19-41(36)51-43(37)39)33-26-22-31(23-27-33)35-15-8-12-34-28-50-40-18-6-5-14-38(40)42(34)35/h1-27H,28H2. The molecule has 9 aromatic rings. The third-order valence-corrected chi connectivity index (χ3v) is 9.68. The summed E-state index contributed by atoms with van der Waals surface area (Å²) in [5.41, 5.74) is 12.3. The molecule has 0 amide bonds. The van der Waals surface area contributed by atoms with Crippen LogP contribution in [0.15, 0.2) is 168 Å². The third-order valence-electron chi connectivity index (χ3n) is 9.68. The quantitative estimate of drug-likeness (QED) is 0.185. The molecule has 0 bridgehead atoms. The van der Waals surface area contributed by atoms with Gasteiger partial charge in [-0.2, -0.15) is 0 Å². The second kappa shape index (κ2) is 11.9. The van der Waals surface area contributed by atoms with Gasteiger partial charge in [0.05, 0.1) is 5.56 Å². The maximum absolute atomic E-state index is 6.42. The Bertz CT molecular complexity index is 2730. The molecule has 0 unspecified atom stereocenters. The molecule has 0 fully saturated rings. The number of furan rings is 1. The van der Waals surface area contributed by atoms with Crippen LogP contribution in [0.5, 0.6) is 5.75 Å². The number of rotatable bonds is 5. The zero-order valence-electron chi connectivity index (χ0n) is 27.5. The fourth-order valence-corrected chi connectivity index (χ4v) is 7.15. The van der Waals surface area contributed by atoms with Crippen LogP contribution in [0, 0.1) is 0 Å². The van der Waals surface area contributed by atoms with Gasteiger partial charge in [-0.25, -0.2) is 15.0 Å². The van der Waals surface area contributed by atoms with Crippen molar-refractivity contribution in [2.45, 2.75) is 6.61 Å². The average molecular weight is 656 g/mol. The van der Waals surface area contributed by atoms with Gasteiger partial charge in [0.2, 0.25) is 0 Å². The Labute approximate surface area is 294 Å². The average Bonchev–Trinajstić information content (AvgIpc) is 3.60. The second-order valence-electron chi connectivity index (χ2n) is 12.7. The summed E-state index contributed by atoms with van der Waals surface area (Å²) >= 11 is 0. The Morgan fingerprint density at radius 3 is 1.76 bits per heavy atom. The van der Waals surface area contributed by atoms with E-state index < -0.39 is 0 Å². The molecule has 0 atom stereocenters. The lowest BCUT2D eigenvalue weighted by Gasteiger charge is -2.23. The number of nitrogens with zero attached hydrogens (tertiary/aromatic N) is 3. The van der Waals surface area contributed by atoms with Crippen molar-refractivity contribution in [1.82, 2.24) is 15.0 Å². The van der Waals surface area contributed by atoms with E-state index in [-0.39, 0.29) is 0 Å². The second-order valence-corrected chi connectivity index (χ2v) is 12.7. The molecule has 0 aliphatic carbocycles. The van der Waals surface area contributed by atoms with Gasteiger partial charge in [-0.15, -0.1) is 0 Å². The van der Waals surface area contributed by atoms with Gasteiger partial charge < -0.3 is 9.15 Å². The van der Waals surface area contributed by atoms with Crippen molar-refractivity contribution >= 4 is 21.9 Å². The summed E-state index contributed by atoms with van der Waals surface area (Å²) in [5.74, 6) is 2.66. The van der Waals surface area contributed by atoms with Crippen LogP contribution in [-0.2, 0) is 6.61 Å². The molecule has 240 valence electrons. The summed E-state index contributed by atoms with van der Waals surface area (Å²) in [6.07, 6.45) is 0. The summed E-state index contributed by atoms with van der Waals surface area (Å²) in [5, 5.41) is 2.09. The van der Waals surface area contributed by atoms with Gasteiger partial charge in [0.15, 0.2) is 17.5 Å². The fraction of sp³-hybridized carbons (Fsp3) is 0.0217. The van der Waals surface area contributed by atoms with Gasteiger partial charge in [0.25, 0.3) is 0 Å². The Kier molecular flexibility index (Phi) is 6.81. The number of hydrogen-bond donors (Lipinski definition) is 0. The smallest absolute Gasteiger partial charge is 0.167 e. The van der Waals surface area contributed by atoms with Gasteiger partial charge in [0, 0.05) is 27.5 Å². The molecular formula is C46H29N3O2. The van der Waals surface area contributed by atoms with Crippen LogP contribution in [0.1, 0.15) is 5.56 Å². The normalized spacial score (nSPS) is 12.0. The van der Waals surface area contributed by atoms with Crippen molar-refractivity contribution in [3.63, 3.8) is 0 Å². The molecule has 0 saturated carbocycles. The van der Waals surface area contributed by atoms with E-state index in [9.17, 15) is 0 Å². The van der Waals surface area contributed by atoms with E-state index in [2.05, 4.69) is 115 Å². The lowest BCUT2D eigenvalue weighted by molar-refractivity contribution is 0.302. The molecule has 5 nitrogen and oxygen atoms in total. The molecular weight excluding hydrogens is 627 g/mol. The highest BCUT2D eigenvalue weighted by atomic mass is 16.5. The van der Waals surface area contributed by atoms with Crippen molar-refractivity contribution in [2.24, 2.45) is 0 Å². The zero-order valence-corrected chi connectivity index (χ0v) is 27.5. The van der Waals surface area contributed by atoms with E-state index in [1.165, 1.54) is 16.7 Å². The molecule has 7 aromatic carbocycles. The van der Waals surface area contributed by atoms with Gasteiger partial charge in [-0.1, -0.05) is 146 Å². The predicted octanol–water partition coefficient (Wildman–Crippen LogP) is 11.7. The fourth-order valence-electron chi connectivity index (χ4n) is 7.15. The predicted molar refractivity (Wildman–Crippen MR) is 204 cm³/mol. The number of aromatic nitrogens is 3. The van der Waals surface area contributed by atoms with Crippen LogP contribution in [0.25, 0.3) is 89.5 Å². The molecule has 2 aromatic heterocycles. The first-order valence-electron chi connectivity index (χ1n) is 17.0. The summed E-state index contributed by atoms with van der Waals surface area (Å²) in [6.45, 7) is 0.555. The molecule has 1 aliphatic heterocycles. The van der Waals surface area contributed by atoms with E-state index in [0.29, 0.717) is 24.1 Å². The first-order valence-corrected chi connectivity index (χ1v) is 17.0. The molecule has 0 spiro atoms. The molecule has 0 radical (unpaired) electrons. The minimum atomic E-state index is 0.555. The number of para-hydroxylation sites is 3. The van der Waals surface area contributed by atoms with Crippen LogP contribution in [0.3, 0.4) is 0 Å². The molecule has 51 heavy (non-hydrogen) atoms. The van der Waals surface area contributed by atoms with Gasteiger partial charge in [-0.3, -0.25) is 0 Å². The number of ether oxygens (including phenoxy) is 1. The number of hydrogen-bond acceptors (Lipinski definition) is 5. The van der Waals surface area contributed by atoms with E-state index in [0.717, 1.165) is 66.6 Å². The lowest BCUT2D eigenvalue weighted by atomic mass is 9.89. The Balaban J connectivity index is 1.10. The molecule has 0 saturated heterocycles. The van der Waals surface area contributed by atoms with Gasteiger partial charge in [-0.05, 0) is 51.6 Å². The number of fused-ring (bicyclic) bond motifs is 6. The Hall–Kier alpha value is -6.85. The monoisotopic (exact) mass is 655 g/mol. The first-order chi connectivity index (χ1) is 25.3. The summed E-state index contributed by atoms with van der Waals surface area (Å²) in [4.78, 5) is 15.2. The van der Waals surface area contributed by atoms with Crippen molar-refractivity contribution in [1.29, 1.82) is 0 Å². The maximum atomic E-state index is 6.42. The van der Waals surface area contributed by atoms with Crippen LogP contribution >= 0.6 is 0 Å². The summed E-state index contributed by atoms with van der Waals surface area (Å²) in [7, 11) is 0. The van der Waals surface area contributed by atoms with E-state index in [1.54, 1.807) is 0 Å². The summed E-state index contributed by atoms with van der Waals surface area (Å²) in [6, 6.07) is 56.2. The van der Waals surface area contributed by atoms with E-state index >= 15 is 0 Å². The number of benzene rings is 7. The van der Waals surface area contributed by atoms with Crippen LogP contribution in [-0.4, -0.2) is 15.0 Å². The van der Waals surface area contributed by atoms with Gasteiger partial charge in [0.1, 0.15) is 23.5 Å². The molecule has 3 heterocycles. The molecule has 0 N–H and O–H groups in total. The molecule has 10 rings (SSSR count). The van der Waals surface area contributed by atoms with Crippen LogP contribution in [0.2, 0.25) is 0 Å². The highest BCUT2D eigenvalue weighted by Crippen LogP contribution is 2.43. The minimum absolute atomic E-state index is 0.555. The largest absolute Gasteiger partial charge is 0.488 e. The van der Waals surface area contributed by atoms with Gasteiger partial charge >= 0.3 is 0 Å². The van der Waals surface area contributed by atoms with Crippen LogP contribution in [0.4, 0.5) is 0 Å². The van der Waals surface area contributed by atoms with Crippen molar-refractivity contribution in [3.8, 4) is 73.3 Å². The Morgan fingerprint density at radius 2 is 0.961 bits per heavy atom. The zero-order chi connectivity index (χ0) is 33.7. The Morgan fingerprint density at radius 1 is 0.392 bits per heavy atom.